The minimum Gasteiger partial charge on any atom is -0.444 e. The Morgan fingerprint density at radius 3 is 2.34 bits per heavy atom. The molecule has 0 spiro atoms. The summed E-state index contributed by atoms with van der Waals surface area (Å²) >= 11 is 0. The van der Waals surface area contributed by atoms with Gasteiger partial charge in [-0.2, -0.15) is 0 Å². The number of aliphatic hydroxyl groups excluding tert-OH is 1. The van der Waals surface area contributed by atoms with Crippen LogP contribution >= 0.6 is 0 Å². The highest BCUT2D eigenvalue weighted by atomic mass is 32.2. The number of aromatic nitrogens is 1. The highest BCUT2D eigenvalue weighted by molar-refractivity contribution is 7.90. The molecule has 3 rings (SSSR count). The Bertz CT molecular complexity index is 1340. The molecule has 0 aliphatic carbocycles. The minimum atomic E-state index is -3.91. The molecular formula is C27H34N2O5S. The standard InChI is InChI=1S/C27H34N2O5S/c1-8-24(30)22(28-26(31)34-27(5,6)7)15-20-16-29(23-12-10-9-11-21(20)23)35(32,33)25-18(3)13-17(2)14-19(25)4/h8-14,16,22,24,30H,1,15H2,2-7H3,(H,28,31)/t22-,24+/m0/s1. The smallest absolute Gasteiger partial charge is 0.407 e. The Kier molecular flexibility index (Phi) is 7.48. The van der Waals surface area contributed by atoms with Gasteiger partial charge < -0.3 is 15.2 Å². The van der Waals surface area contributed by atoms with Crippen LogP contribution in [-0.4, -0.2) is 41.3 Å². The van der Waals surface area contributed by atoms with E-state index in [1.807, 2.05) is 31.2 Å². The monoisotopic (exact) mass is 498 g/mol. The molecule has 0 saturated heterocycles. The van der Waals surface area contributed by atoms with Gasteiger partial charge >= 0.3 is 6.09 Å². The van der Waals surface area contributed by atoms with Gasteiger partial charge in [-0.1, -0.05) is 42.0 Å². The molecule has 0 saturated carbocycles. The summed E-state index contributed by atoms with van der Waals surface area (Å²) in [6, 6.07) is 10.1. The molecule has 0 bridgehead atoms. The number of carbonyl (C=O) groups excluding carboxylic acids is 1. The average molecular weight is 499 g/mol. The maximum absolute atomic E-state index is 13.8. The van der Waals surface area contributed by atoms with Gasteiger partial charge in [0.2, 0.25) is 0 Å². The number of carbonyl (C=O) groups is 1. The van der Waals surface area contributed by atoms with Crippen molar-refractivity contribution in [1.82, 2.24) is 9.29 Å². The lowest BCUT2D eigenvalue weighted by Crippen LogP contribution is -2.46. The molecule has 0 aliphatic rings. The molecule has 0 fully saturated rings. The quantitative estimate of drug-likeness (QED) is 0.457. The lowest BCUT2D eigenvalue weighted by molar-refractivity contribution is 0.0455. The highest BCUT2D eigenvalue weighted by Crippen LogP contribution is 2.30. The number of aryl methyl sites for hydroxylation is 3. The Hall–Kier alpha value is -3.10. The SMILES string of the molecule is C=C[C@@H](O)[C@H](Cc1cn(S(=O)(=O)c2c(C)cc(C)cc2C)c2ccccc12)NC(=O)OC(C)(C)C. The second-order valence-corrected chi connectivity index (χ2v) is 11.6. The molecule has 1 aromatic heterocycles. The van der Waals surface area contributed by atoms with Crippen LogP contribution in [0.4, 0.5) is 4.79 Å². The van der Waals surface area contributed by atoms with Crippen LogP contribution in [0.3, 0.4) is 0 Å². The second-order valence-electron chi connectivity index (χ2n) is 9.88. The number of rotatable bonds is 7. The van der Waals surface area contributed by atoms with Gasteiger partial charge in [0.05, 0.1) is 22.6 Å². The fourth-order valence-corrected chi connectivity index (χ4v) is 6.18. The zero-order valence-electron chi connectivity index (χ0n) is 21.1. The van der Waals surface area contributed by atoms with Crippen molar-refractivity contribution < 1.29 is 23.1 Å². The lowest BCUT2D eigenvalue weighted by atomic mass is 10.0. The normalized spacial score (nSPS) is 13.9. The molecule has 3 aromatic rings. The molecule has 1 heterocycles. The van der Waals surface area contributed by atoms with E-state index in [-0.39, 0.29) is 11.3 Å². The summed E-state index contributed by atoms with van der Waals surface area (Å²) in [4.78, 5) is 12.7. The molecule has 7 nitrogen and oxygen atoms in total. The molecule has 188 valence electrons. The zero-order valence-corrected chi connectivity index (χ0v) is 21.9. The number of benzene rings is 2. The van der Waals surface area contributed by atoms with Gasteiger partial charge in [0, 0.05) is 11.6 Å². The number of aliphatic hydroxyl groups is 1. The van der Waals surface area contributed by atoms with Crippen LogP contribution in [0.5, 0.6) is 0 Å². The van der Waals surface area contributed by atoms with Crippen LogP contribution in [0.2, 0.25) is 0 Å². The molecule has 0 radical (unpaired) electrons. The molecule has 2 aromatic carbocycles. The molecular weight excluding hydrogens is 464 g/mol. The Balaban J connectivity index is 2.09. The zero-order chi connectivity index (χ0) is 26.1. The largest absolute Gasteiger partial charge is 0.444 e. The van der Waals surface area contributed by atoms with Crippen molar-refractivity contribution in [3.05, 3.63) is 77.5 Å². The van der Waals surface area contributed by atoms with Crippen LogP contribution in [0.15, 0.2) is 60.1 Å². The van der Waals surface area contributed by atoms with Crippen LogP contribution in [0.1, 0.15) is 43.0 Å². The summed E-state index contributed by atoms with van der Waals surface area (Å²) in [5.41, 5.74) is 2.81. The van der Waals surface area contributed by atoms with Crippen LogP contribution < -0.4 is 5.32 Å². The first kappa shape index (κ1) is 26.5. The third-order valence-electron chi connectivity index (χ3n) is 5.68. The molecule has 2 atom stereocenters. The van der Waals surface area contributed by atoms with Crippen molar-refractivity contribution in [2.45, 2.75) is 70.6 Å². The summed E-state index contributed by atoms with van der Waals surface area (Å²) < 4.78 is 34.3. The second kappa shape index (κ2) is 9.87. The van der Waals surface area contributed by atoms with Crippen molar-refractivity contribution in [1.29, 1.82) is 0 Å². The minimum absolute atomic E-state index is 0.168. The number of amides is 1. The topological polar surface area (TPSA) is 97.6 Å². The third-order valence-corrected chi connectivity index (χ3v) is 7.66. The van der Waals surface area contributed by atoms with Crippen LogP contribution in [0.25, 0.3) is 10.9 Å². The predicted octanol–water partition coefficient (Wildman–Crippen LogP) is 4.79. The van der Waals surface area contributed by atoms with E-state index in [2.05, 4.69) is 11.9 Å². The number of fused-ring (bicyclic) bond motifs is 1. The maximum atomic E-state index is 13.8. The average Bonchev–Trinajstić information content (AvgIpc) is 3.10. The van der Waals surface area contributed by atoms with E-state index in [0.29, 0.717) is 27.6 Å². The summed E-state index contributed by atoms with van der Waals surface area (Å²) in [6.07, 6.45) is 1.32. The van der Waals surface area contributed by atoms with E-state index >= 15 is 0 Å². The number of hydrogen-bond donors (Lipinski definition) is 2. The van der Waals surface area contributed by atoms with E-state index < -0.39 is 33.9 Å². The maximum Gasteiger partial charge on any atom is 0.407 e. The van der Waals surface area contributed by atoms with Gasteiger partial charge in [0.25, 0.3) is 10.0 Å². The van der Waals surface area contributed by atoms with Gasteiger partial charge in [0.1, 0.15) is 5.60 Å². The number of nitrogens with one attached hydrogen (secondary N) is 1. The first-order valence-electron chi connectivity index (χ1n) is 11.5. The lowest BCUT2D eigenvalue weighted by Gasteiger charge is -2.25. The summed E-state index contributed by atoms with van der Waals surface area (Å²) in [7, 11) is -3.91. The molecule has 35 heavy (non-hydrogen) atoms. The Morgan fingerprint density at radius 2 is 1.77 bits per heavy atom. The first-order chi connectivity index (χ1) is 16.2. The highest BCUT2D eigenvalue weighted by Gasteiger charge is 2.28. The van der Waals surface area contributed by atoms with E-state index in [0.717, 1.165) is 5.56 Å². The molecule has 2 N–H and O–H groups in total. The Labute approximate surface area is 207 Å². The Morgan fingerprint density at radius 1 is 1.17 bits per heavy atom. The van der Waals surface area contributed by atoms with E-state index in [1.165, 1.54) is 10.0 Å². The molecule has 8 heteroatoms. The molecule has 1 amide bonds. The first-order valence-corrected chi connectivity index (χ1v) is 12.9. The number of ether oxygens (including phenoxy) is 1. The molecule has 0 aliphatic heterocycles. The van der Waals surface area contributed by atoms with Crippen molar-refractivity contribution in [3.8, 4) is 0 Å². The summed E-state index contributed by atoms with van der Waals surface area (Å²) in [6.45, 7) is 14.4. The summed E-state index contributed by atoms with van der Waals surface area (Å²) in [5.74, 6) is 0. The predicted molar refractivity (Wildman–Crippen MR) is 138 cm³/mol. The van der Waals surface area contributed by atoms with Gasteiger partial charge in [-0.3, -0.25) is 0 Å². The third kappa shape index (κ3) is 5.77. The fraction of sp³-hybridized carbons (Fsp3) is 0.370. The van der Waals surface area contributed by atoms with Gasteiger partial charge in [-0.25, -0.2) is 17.2 Å². The van der Waals surface area contributed by atoms with Gasteiger partial charge in [-0.15, -0.1) is 6.58 Å². The summed E-state index contributed by atoms with van der Waals surface area (Å²) in [5, 5.41) is 13.9. The number of para-hydroxylation sites is 1. The molecule has 0 unspecified atom stereocenters. The van der Waals surface area contributed by atoms with Gasteiger partial charge in [-0.05, 0) is 70.7 Å². The van der Waals surface area contributed by atoms with Crippen molar-refractivity contribution in [3.63, 3.8) is 0 Å². The number of nitrogens with zero attached hydrogens (tertiary/aromatic N) is 1. The number of hydrogen-bond acceptors (Lipinski definition) is 5. The fourth-order valence-electron chi connectivity index (χ4n) is 4.37. The van der Waals surface area contributed by atoms with Crippen molar-refractivity contribution in [2.24, 2.45) is 0 Å². The van der Waals surface area contributed by atoms with E-state index in [9.17, 15) is 18.3 Å². The van der Waals surface area contributed by atoms with Crippen LogP contribution in [-0.2, 0) is 21.2 Å². The van der Waals surface area contributed by atoms with Crippen LogP contribution in [0, 0.1) is 20.8 Å². The van der Waals surface area contributed by atoms with E-state index in [4.69, 9.17) is 4.74 Å². The van der Waals surface area contributed by atoms with Gasteiger partial charge in [0.15, 0.2) is 0 Å². The van der Waals surface area contributed by atoms with Crippen molar-refractivity contribution >= 4 is 27.0 Å². The number of alkyl carbamates (subject to hydrolysis) is 1. The van der Waals surface area contributed by atoms with E-state index in [1.54, 1.807) is 52.9 Å². The van der Waals surface area contributed by atoms with Crippen molar-refractivity contribution in [2.75, 3.05) is 0 Å².